The predicted molar refractivity (Wildman–Crippen MR) is 104 cm³/mol. The monoisotopic (exact) mass is 493 g/mol. The Labute approximate surface area is 184 Å². The molecule has 2 N–H and O–H groups in total. The van der Waals surface area contributed by atoms with Crippen molar-refractivity contribution in [1.82, 2.24) is 9.78 Å². The summed E-state index contributed by atoms with van der Waals surface area (Å²) in [7, 11) is 0. The molecule has 0 saturated carbocycles. The minimum Gasteiger partial charge on any atom is -0.308 e. The van der Waals surface area contributed by atoms with Crippen molar-refractivity contribution in [2.45, 2.75) is 12.4 Å². The van der Waals surface area contributed by atoms with Crippen LogP contribution < -0.4 is 10.6 Å². The highest BCUT2D eigenvalue weighted by molar-refractivity contribution is 6.31. The Morgan fingerprint density at radius 2 is 1.61 bits per heavy atom. The molecule has 0 aliphatic rings. The summed E-state index contributed by atoms with van der Waals surface area (Å²) >= 11 is 5.69. The summed E-state index contributed by atoms with van der Waals surface area (Å²) in [5, 5.41) is 18.6. The van der Waals surface area contributed by atoms with Crippen LogP contribution in [0.4, 0.5) is 48.2 Å². The first kappa shape index (κ1) is 23.8. The number of amides is 2. The Balaban J connectivity index is 1.81. The molecule has 174 valence electrons. The summed E-state index contributed by atoms with van der Waals surface area (Å²) < 4.78 is 78.0. The van der Waals surface area contributed by atoms with Crippen molar-refractivity contribution in [3.63, 3.8) is 0 Å². The molecule has 0 atom stereocenters. The lowest BCUT2D eigenvalue weighted by Gasteiger charge is -2.11. The number of carbonyl (C=O) groups is 1. The highest BCUT2D eigenvalue weighted by Gasteiger charge is 2.42. The Morgan fingerprint density at radius 3 is 2.15 bits per heavy atom. The second kappa shape index (κ2) is 8.61. The minimum atomic E-state index is -5.11. The highest BCUT2D eigenvalue weighted by Crippen LogP contribution is 2.36. The number of urea groups is 1. The number of nitro benzene ring substituents is 1. The number of benzene rings is 2. The van der Waals surface area contributed by atoms with E-state index in [0.29, 0.717) is 0 Å². The van der Waals surface area contributed by atoms with Crippen LogP contribution in [-0.4, -0.2) is 20.7 Å². The average Bonchev–Trinajstić information content (AvgIpc) is 3.16. The topological polar surface area (TPSA) is 102 Å². The number of halogens is 7. The summed E-state index contributed by atoms with van der Waals surface area (Å²) in [4.78, 5) is 22.4. The van der Waals surface area contributed by atoms with Crippen molar-refractivity contribution < 1.29 is 36.1 Å². The fraction of sp³-hybridized carbons (Fsp3) is 0.111. The maximum atomic E-state index is 13.2. The van der Waals surface area contributed by atoms with Crippen molar-refractivity contribution in [2.75, 3.05) is 10.6 Å². The fourth-order valence-electron chi connectivity index (χ4n) is 2.65. The summed E-state index contributed by atoms with van der Waals surface area (Å²) in [6.45, 7) is 0. The van der Waals surface area contributed by atoms with Crippen molar-refractivity contribution in [3.05, 3.63) is 75.1 Å². The number of nitro groups is 1. The van der Waals surface area contributed by atoms with Gasteiger partial charge in [-0.05, 0) is 36.4 Å². The molecule has 0 bridgehead atoms. The first-order valence-electron chi connectivity index (χ1n) is 8.62. The lowest BCUT2D eigenvalue weighted by Crippen LogP contribution is -2.20. The van der Waals surface area contributed by atoms with Gasteiger partial charge in [0.1, 0.15) is 11.4 Å². The van der Waals surface area contributed by atoms with Crippen molar-refractivity contribution in [2.24, 2.45) is 0 Å². The smallest absolute Gasteiger partial charge is 0.308 e. The zero-order valence-electron chi connectivity index (χ0n) is 15.8. The van der Waals surface area contributed by atoms with Crippen LogP contribution in [0.5, 0.6) is 0 Å². The van der Waals surface area contributed by atoms with Crippen LogP contribution in [0.3, 0.4) is 0 Å². The number of anilines is 2. The van der Waals surface area contributed by atoms with Crippen molar-refractivity contribution >= 4 is 34.7 Å². The molecular formula is C18H10ClF6N5O3. The SMILES string of the molecule is O=C(Nc1ccc(-n2nc(C(F)(F)F)cc2C(F)(F)F)cc1)Nc1ccc(Cl)cc1[N+](=O)[O-]. The average molecular weight is 494 g/mol. The molecule has 2 amide bonds. The van der Waals surface area contributed by atoms with E-state index >= 15 is 0 Å². The largest absolute Gasteiger partial charge is 0.435 e. The van der Waals surface area contributed by atoms with Crippen LogP contribution in [-0.2, 0) is 12.4 Å². The minimum absolute atomic E-state index is 0.0321. The standard InChI is InChI=1S/C18H10ClF6N5O3/c19-9-1-6-12(13(7-9)30(32)33)27-16(31)26-10-2-4-11(5-3-10)29-15(18(23,24)25)8-14(28-29)17(20,21)22/h1-8H,(H2,26,27,31). The van der Waals surface area contributed by atoms with E-state index in [9.17, 15) is 41.3 Å². The van der Waals surface area contributed by atoms with Gasteiger partial charge in [-0.15, -0.1) is 0 Å². The van der Waals surface area contributed by atoms with E-state index < -0.39 is 40.4 Å². The molecule has 1 aromatic heterocycles. The van der Waals surface area contributed by atoms with Gasteiger partial charge >= 0.3 is 18.4 Å². The normalized spacial score (nSPS) is 11.8. The van der Waals surface area contributed by atoms with Gasteiger partial charge in [0.15, 0.2) is 5.69 Å². The molecule has 0 radical (unpaired) electrons. The molecule has 0 spiro atoms. The number of hydrogen-bond donors (Lipinski definition) is 2. The number of hydrogen-bond acceptors (Lipinski definition) is 4. The Hall–Kier alpha value is -3.81. The first-order chi connectivity index (χ1) is 15.3. The zero-order chi connectivity index (χ0) is 24.6. The van der Waals surface area contributed by atoms with E-state index in [1.165, 1.54) is 12.1 Å². The quantitative estimate of drug-likeness (QED) is 0.260. The van der Waals surface area contributed by atoms with Gasteiger partial charge in [0.05, 0.1) is 10.6 Å². The lowest BCUT2D eigenvalue weighted by atomic mass is 10.2. The first-order valence-corrected chi connectivity index (χ1v) is 9.00. The fourth-order valence-corrected chi connectivity index (χ4v) is 2.82. The van der Waals surface area contributed by atoms with Gasteiger partial charge in [0.25, 0.3) is 5.69 Å². The number of carbonyl (C=O) groups excluding carboxylic acids is 1. The molecule has 0 aliphatic carbocycles. The van der Waals surface area contributed by atoms with Crippen LogP contribution in [0.1, 0.15) is 11.4 Å². The third-order valence-corrected chi connectivity index (χ3v) is 4.30. The zero-order valence-corrected chi connectivity index (χ0v) is 16.6. The third kappa shape index (κ3) is 5.52. The van der Waals surface area contributed by atoms with E-state index in [1.807, 2.05) is 0 Å². The molecule has 0 fully saturated rings. The van der Waals surface area contributed by atoms with Gasteiger partial charge in [-0.1, -0.05) is 11.6 Å². The number of nitrogens with zero attached hydrogens (tertiary/aromatic N) is 3. The van der Waals surface area contributed by atoms with Gasteiger partial charge in [-0.2, -0.15) is 31.4 Å². The molecule has 0 aliphatic heterocycles. The van der Waals surface area contributed by atoms with Gasteiger partial charge < -0.3 is 10.6 Å². The summed E-state index contributed by atoms with van der Waals surface area (Å²) in [5.74, 6) is 0. The number of rotatable bonds is 4. The predicted octanol–water partition coefficient (Wildman–Crippen LogP) is 6.12. The summed E-state index contributed by atoms with van der Waals surface area (Å²) in [6, 6.07) is 6.70. The number of nitrogens with one attached hydrogen (secondary N) is 2. The number of alkyl halides is 6. The Kier molecular flexibility index (Phi) is 6.22. The van der Waals surface area contributed by atoms with Crippen LogP contribution in [0.2, 0.25) is 5.02 Å². The Morgan fingerprint density at radius 1 is 0.970 bits per heavy atom. The molecule has 1 heterocycles. The van der Waals surface area contributed by atoms with E-state index in [2.05, 4.69) is 15.7 Å². The van der Waals surface area contributed by atoms with Crippen LogP contribution in [0.15, 0.2) is 48.5 Å². The van der Waals surface area contributed by atoms with Gasteiger partial charge in [-0.25, -0.2) is 9.48 Å². The van der Waals surface area contributed by atoms with Crippen LogP contribution in [0.25, 0.3) is 5.69 Å². The van der Waals surface area contributed by atoms with Gasteiger partial charge in [-0.3, -0.25) is 10.1 Å². The maximum Gasteiger partial charge on any atom is 0.435 e. The van der Waals surface area contributed by atoms with Crippen LogP contribution in [0, 0.1) is 10.1 Å². The van der Waals surface area contributed by atoms with Gasteiger partial charge in [0, 0.05) is 22.8 Å². The van der Waals surface area contributed by atoms with Gasteiger partial charge in [0.2, 0.25) is 0 Å². The molecule has 8 nitrogen and oxygen atoms in total. The Bertz CT molecular complexity index is 1210. The molecule has 3 rings (SSSR count). The molecule has 0 unspecified atom stereocenters. The second-order valence-corrected chi connectivity index (χ2v) is 6.80. The van der Waals surface area contributed by atoms with Crippen molar-refractivity contribution in [1.29, 1.82) is 0 Å². The maximum absolute atomic E-state index is 13.2. The molecule has 0 saturated heterocycles. The van der Waals surface area contributed by atoms with Crippen LogP contribution >= 0.6 is 11.6 Å². The molecule has 33 heavy (non-hydrogen) atoms. The van der Waals surface area contributed by atoms with Crippen molar-refractivity contribution in [3.8, 4) is 5.69 Å². The lowest BCUT2D eigenvalue weighted by molar-refractivity contribution is -0.383. The molecule has 2 aromatic carbocycles. The van der Waals surface area contributed by atoms with E-state index in [4.69, 9.17) is 11.6 Å². The van der Waals surface area contributed by atoms with E-state index in [-0.39, 0.29) is 32.8 Å². The second-order valence-electron chi connectivity index (χ2n) is 6.37. The number of aromatic nitrogens is 2. The third-order valence-electron chi connectivity index (χ3n) is 4.06. The summed E-state index contributed by atoms with van der Waals surface area (Å²) in [6.07, 6.45) is -10.2. The summed E-state index contributed by atoms with van der Waals surface area (Å²) in [5.41, 5.74) is -4.33. The molecular weight excluding hydrogens is 484 g/mol. The highest BCUT2D eigenvalue weighted by atomic mass is 35.5. The van der Waals surface area contributed by atoms with E-state index in [0.717, 1.165) is 30.3 Å². The molecule has 15 heteroatoms. The van der Waals surface area contributed by atoms with E-state index in [1.54, 1.807) is 0 Å². The molecule has 3 aromatic rings.